The molecule has 0 aromatic carbocycles. The van der Waals surface area contributed by atoms with Gasteiger partial charge >= 0.3 is 0 Å². The Hall–Kier alpha value is -0.650. The van der Waals surface area contributed by atoms with Gasteiger partial charge in [-0.1, -0.05) is 0 Å². The largest absolute Gasteiger partial charge is 0.759 e. The highest BCUT2D eigenvalue weighted by atomic mass is 32.3. The van der Waals surface area contributed by atoms with Gasteiger partial charge in [0, 0.05) is 29.0 Å². The van der Waals surface area contributed by atoms with Gasteiger partial charge in [-0.3, -0.25) is 8.42 Å². The van der Waals surface area contributed by atoms with Crippen molar-refractivity contribution in [2.45, 2.75) is 98.7 Å². The normalized spacial score (nSPS) is 46.0. The summed E-state index contributed by atoms with van der Waals surface area (Å²) in [6.45, 7) is -0.214. The van der Waals surface area contributed by atoms with Gasteiger partial charge in [-0.05, 0) is 19.3 Å². The molecule has 18 heteroatoms. The van der Waals surface area contributed by atoms with Crippen LogP contribution in [0.3, 0.4) is 0 Å². The summed E-state index contributed by atoms with van der Waals surface area (Å²) in [4.78, 5) is 0. The predicted molar refractivity (Wildman–Crippen MR) is 117 cm³/mol. The molecule has 17 nitrogen and oxygen atoms in total. The van der Waals surface area contributed by atoms with E-state index in [0.717, 1.165) is 0 Å². The van der Waals surface area contributed by atoms with Crippen LogP contribution in [0.2, 0.25) is 0 Å². The summed E-state index contributed by atoms with van der Waals surface area (Å²) in [5.74, 6) is 0. The Kier molecular flexibility index (Phi) is 11.8. The fraction of sp³-hybridized carbons (Fsp3) is 1.00. The molecule has 14 N–H and O–H groups in total. The number of hydrogen-bond donors (Lipinski definition) is 9. The van der Waals surface area contributed by atoms with E-state index in [1.807, 2.05) is 0 Å². The first-order valence-electron chi connectivity index (χ1n) is 11.3. The van der Waals surface area contributed by atoms with Gasteiger partial charge in [-0.2, -0.15) is 0 Å². The van der Waals surface area contributed by atoms with E-state index < -0.39 is 90.4 Å². The lowest BCUT2D eigenvalue weighted by atomic mass is 9.84. The molecule has 0 bridgehead atoms. The molecule has 214 valence electrons. The summed E-state index contributed by atoms with van der Waals surface area (Å²) < 4.78 is 57.0. The molecular formula is C18H37N5O12S-2. The topological polar surface area (TPSA) is 328 Å². The van der Waals surface area contributed by atoms with Crippen molar-refractivity contribution in [2.75, 3.05) is 13.2 Å². The SMILES string of the molecule is NC[C@@H]1CC[C@@H](N)[C@@H](O[C@H]2[C@H](O)[C@@H](O[C@H]3O[C@H](CO)[C@@H](O)[C@H](N)[C@H]3O)[C@H](N)C[C@@H]2N)O1.O=S(=O)([O-])[O-]. The van der Waals surface area contributed by atoms with Gasteiger partial charge in [0.2, 0.25) is 0 Å². The second kappa shape index (κ2) is 13.4. The molecule has 0 amide bonds. The van der Waals surface area contributed by atoms with Gasteiger partial charge < -0.3 is 77.1 Å². The zero-order valence-electron chi connectivity index (χ0n) is 19.4. The fourth-order valence-corrected chi connectivity index (χ4v) is 4.36. The van der Waals surface area contributed by atoms with E-state index in [4.69, 9.17) is 65.1 Å². The summed E-state index contributed by atoms with van der Waals surface area (Å²) in [5, 5.41) is 40.7. The lowest BCUT2D eigenvalue weighted by molar-refractivity contribution is -0.313. The molecule has 1 saturated carbocycles. The van der Waals surface area contributed by atoms with Gasteiger partial charge in [0.25, 0.3) is 0 Å². The highest BCUT2D eigenvalue weighted by Gasteiger charge is 2.49. The van der Waals surface area contributed by atoms with E-state index in [2.05, 4.69) is 0 Å². The van der Waals surface area contributed by atoms with Crippen molar-refractivity contribution >= 4 is 10.4 Å². The fourth-order valence-electron chi connectivity index (χ4n) is 4.36. The number of rotatable bonds is 6. The minimum atomic E-state index is -5.17. The Morgan fingerprint density at radius 3 is 1.86 bits per heavy atom. The molecule has 1 aliphatic carbocycles. The average Bonchev–Trinajstić information content (AvgIpc) is 2.79. The van der Waals surface area contributed by atoms with Crippen molar-refractivity contribution in [1.82, 2.24) is 0 Å². The smallest absolute Gasteiger partial charge is 0.186 e. The van der Waals surface area contributed by atoms with Crippen molar-refractivity contribution in [3.63, 3.8) is 0 Å². The molecule has 0 unspecified atom stereocenters. The van der Waals surface area contributed by atoms with Crippen LogP contribution in [0.5, 0.6) is 0 Å². The maximum atomic E-state index is 11.0. The van der Waals surface area contributed by atoms with Crippen LogP contribution in [-0.2, 0) is 29.3 Å². The monoisotopic (exact) mass is 547 g/mol. The third-order valence-corrected chi connectivity index (χ3v) is 6.34. The molecule has 0 aromatic rings. The summed E-state index contributed by atoms with van der Waals surface area (Å²) in [5.41, 5.74) is 30.0. The number of aliphatic hydroxyl groups is 4. The third kappa shape index (κ3) is 8.43. The average molecular weight is 548 g/mol. The highest BCUT2D eigenvalue weighted by Crippen LogP contribution is 2.30. The Bertz CT molecular complexity index is 774. The first kappa shape index (κ1) is 31.6. The maximum Gasteiger partial charge on any atom is 0.186 e. The minimum absolute atomic E-state index is 0.204. The van der Waals surface area contributed by atoms with Gasteiger partial charge in [-0.25, -0.2) is 0 Å². The third-order valence-electron chi connectivity index (χ3n) is 6.34. The molecule has 3 aliphatic rings. The first-order chi connectivity index (χ1) is 16.7. The number of hydrogen-bond acceptors (Lipinski definition) is 17. The summed E-state index contributed by atoms with van der Waals surface area (Å²) >= 11 is 0. The van der Waals surface area contributed by atoms with Crippen molar-refractivity contribution in [2.24, 2.45) is 28.7 Å². The lowest BCUT2D eigenvalue weighted by Gasteiger charge is -2.47. The molecular weight excluding hydrogens is 510 g/mol. The molecule has 3 rings (SSSR count). The Morgan fingerprint density at radius 2 is 1.36 bits per heavy atom. The van der Waals surface area contributed by atoms with Crippen LogP contribution in [-0.4, -0.2) is 131 Å². The Morgan fingerprint density at radius 1 is 0.833 bits per heavy atom. The van der Waals surface area contributed by atoms with E-state index in [0.29, 0.717) is 19.4 Å². The van der Waals surface area contributed by atoms with Crippen LogP contribution in [0, 0.1) is 0 Å². The molecule has 36 heavy (non-hydrogen) atoms. The quantitative estimate of drug-likeness (QED) is 0.110. The van der Waals surface area contributed by atoms with E-state index in [1.54, 1.807) is 0 Å². The second-order valence-electron chi connectivity index (χ2n) is 9.05. The molecule has 13 atom stereocenters. The van der Waals surface area contributed by atoms with Crippen molar-refractivity contribution in [1.29, 1.82) is 0 Å². The summed E-state index contributed by atoms with van der Waals surface area (Å²) in [7, 11) is -5.17. The van der Waals surface area contributed by atoms with Gasteiger partial charge in [-0.15, -0.1) is 0 Å². The van der Waals surface area contributed by atoms with Gasteiger partial charge in [0.15, 0.2) is 12.6 Å². The molecule has 2 aliphatic heterocycles. The highest BCUT2D eigenvalue weighted by molar-refractivity contribution is 7.79. The van der Waals surface area contributed by atoms with Crippen LogP contribution < -0.4 is 28.7 Å². The van der Waals surface area contributed by atoms with E-state index >= 15 is 0 Å². The molecule has 2 saturated heterocycles. The number of nitrogens with two attached hydrogens (primary N) is 5. The summed E-state index contributed by atoms with van der Waals surface area (Å²) in [6.07, 6.45) is -7.72. The van der Waals surface area contributed by atoms with Gasteiger partial charge in [0.1, 0.15) is 36.6 Å². The molecule has 3 fully saturated rings. The maximum absolute atomic E-state index is 11.0. The molecule has 0 aromatic heterocycles. The Labute approximate surface area is 208 Å². The second-order valence-corrected chi connectivity index (χ2v) is 9.87. The van der Waals surface area contributed by atoms with E-state index in [9.17, 15) is 20.4 Å². The number of aliphatic hydroxyl groups excluding tert-OH is 4. The van der Waals surface area contributed by atoms with Gasteiger partial charge in [0.05, 0.1) is 24.8 Å². The minimum Gasteiger partial charge on any atom is -0.759 e. The molecule has 2 heterocycles. The zero-order valence-corrected chi connectivity index (χ0v) is 20.2. The van der Waals surface area contributed by atoms with E-state index in [-0.39, 0.29) is 12.5 Å². The van der Waals surface area contributed by atoms with Crippen LogP contribution in [0.15, 0.2) is 0 Å². The van der Waals surface area contributed by atoms with Crippen molar-refractivity contribution in [3.8, 4) is 0 Å². The first-order valence-corrected chi connectivity index (χ1v) is 12.7. The standard InChI is InChI=1S/C18H37N5O8.H2O4S/c19-4-6-1-2-7(20)17(28-6)30-15-8(21)3-9(22)16(14(15)27)31-18-13(26)11(23)12(25)10(5-24)29-18;1-5(2,3)4/h6-18,24-27H,1-5,19-23H2;(H2,1,2,3,4)/p-2/t6-,7+,8-,9+,10+,11-,12+,13+,14-,15+,16-,17+,18+;/m0./s1. The predicted octanol–water partition coefficient (Wildman–Crippen LogP) is -6.60. The zero-order chi connectivity index (χ0) is 27.4. The van der Waals surface area contributed by atoms with Crippen LogP contribution in [0.1, 0.15) is 19.3 Å². The van der Waals surface area contributed by atoms with Crippen LogP contribution in [0.25, 0.3) is 0 Å². The number of ether oxygens (including phenoxy) is 4. The lowest BCUT2D eigenvalue weighted by Crippen LogP contribution is -2.68. The van der Waals surface area contributed by atoms with E-state index in [1.165, 1.54) is 0 Å². The Balaban J connectivity index is 0.000000830. The van der Waals surface area contributed by atoms with Crippen LogP contribution in [0.4, 0.5) is 0 Å². The van der Waals surface area contributed by atoms with Crippen molar-refractivity contribution < 1.29 is 56.9 Å². The van der Waals surface area contributed by atoms with Crippen LogP contribution >= 0.6 is 0 Å². The molecule has 0 spiro atoms. The summed E-state index contributed by atoms with van der Waals surface area (Å²) in [6, 6.07) is -2.85. The molecule has 0 radical (unpaired) electrons. The van der Waals surface area contributed by atoms with Crippen molar-refractivity contribution in [3.05, 3.63) is 0 Å².